The Kier molecular flexibility index (Phi) is 6.62. The molecule has 2 aromatic rings. The van der Waals surface area contributed by atoms with Gasteiger partial charge in [0.05, 0.1) is 24.2 Å². The van der Waals surface area contributed by atoms with Gasteiger partial charge in [-0.05, 0) is 48.7 Å². The van der Waals surface area contributed by atoms with E-state index >= 15 is 0 Å². The summed E-state index contributed by atoms with van der Waals surface area (Å²) >= 11 is 0. The number of nitrogens with one attached hydrogen (secondary N) is 1. The van der Waals surface area contributed by atoms with Gasteiger partial charge in [0.2, 0.25) is 0 Å². The predicted molar refractivity (Wildman–Crippen MR) is 109 cm³/mol. The number of ether oxygens (including phenoxy) is 2. The van der Waals surface area contributed by atoms with Crippen molar-refractivity contribution in [3.8, 4) is 5.75 Å². The summed E-state index contributed by atoms with van der Waals surface area (Å²) in [4.78, 5) is 3.95. The van der Waals surface area contributed by atoms with Crippen LogP contribution in [-0.4, -0.2) is 13.8 Å². The van der Waals surface area contributed by atoms with E-state index in [1.54, 1.807) is 19.3 Å². The lowest BCUT2D eigenvalue weighted by Crippen LogP contribution is -2.05. The van der Waals surface area contributed by atoms with Crippen LogP contribution in [0.25, 0.3) is 0 Å². The third-order valence-corrected chi connectivity index (χ3v) is 3.69. The second kappa shape index (κ2) is 9.13. The number of aliphatic imine (C=N–C) groups is 1. The molecule has 3 N–H and O–H groups in total. The Morgan fingerprint density at radius 3 is 2.58 bits per heavy atom. The Hall–Kier alpha value is -3.47. The van der Waals surface area contributed by atoms with Crippen molar-refractivity contribution in [2.45, 2.75) is 6.61 Å². The molecule has 2 rings (SSSR count). The van der Waals surface area contributed by atoms with Crippen molar-refractivity contribution in [3.63, 3.8) is 0 Å². The van der Waals surface area contributed by atoms with E-state index in [1.165, 1.54) is 0 Å². The van der Waals surface area contributed by atoms with E-state index in [4.69, 9.17) is 15.2 Å². The minimum atomic E-state index is 0.372. The van der Waals surface area contributed by atoms with Gasteiger partial charge in [-0.1, -0.05) is 31.4 Å². The van der Waals surface area contributed by atoms with Gasteiger partial charge in [0.25, 0.3) is 0 Å². The van der Waals surface area contributed by atoms with Crippen LogP contribution in [0.15, 0.2) is 84.2 Å². The number of methoxy groups -OCH3 is 1. The molecule has 0 fully saturated rings. The van der Waals surface area contributed by atoms with E-state index in [2.05, 4.69) is 30.2 Å². The van der Waals surface area contributed by atoms with Gasteiger partial charge in [-0.3, -0.25) is 4.99 Å². The maximum atomic E-state index is 6.16. The van der Waals surface area contributed by atoms with Gasteiger partial charge in [-0.2, -0.15) is 0 Å². The molecule has 0 heterocycles. The van der Waals surface area contributed by atoms with E-state index in [-0.39, 0.29) is 0 Å². The molecule has 0 saturated carbocycles. The van der Waals surface area contributed by atoms with E-state index in [9.17, 15) is 0 Å². The summed E-state index contributed by atoms with van der Waals surface area (Å²) in [6.07, 6.45) is 3.25. The Balaban J connectivity index is 2.14. The molecule has 26 heavy (non-hydrogen) atoms. The highest BCUT2D eigenvalue weighted by Gasteiger charge is 2.07. The lowest BCUT2D eigenvalue weighted by molar-refractivity contribution is 0.304. The van der Waals surface area contributed by atoms with Crippen LogP contribution in [0.2, 0.25) is 0 Å². The number of hydrogen-bond acceptors (Lipinski definition) is 5. The molecule has 5 nitrogen and oxygen atoms in total. The molecule has 0 amide bonds. The van der Waals surface area contributed by atoms with Crippen molar-refractivity contribution in [2.24, 2.45) is 4.99 Å². The highest BCUT2D eigenvalue weighted by molar-refractivity contribution is 5.70. The molecule has 0 aliphatic carbocycles. The number of rotatable bonds is 9. The van der Waals surface area contributed by atoms with Crippen LogP contribution in [0.3, 0.4) is 0 Å². The van der Waals surface area contributed by atoms with E-state index < -0.39 is 0 Å². The fraction of sp³-hybridized carbons (Fsp3) is 0.0952. The molecule has 0 aliphatic heterocycles. The number of nitrogen functional groups attached to an aromatic ring is 1. The van der Waals surface area contributed by atoms with E-state index in [0.29, 0.717) is 35.2 Å². The monoisotopic (exact) mass is 349 g/mol. The van der Waals surface area contributed by atoms with Gasteiger partial charge in [0.15, 0.2) is 0 Å². The molecule has 0 aliphatic rings. The predicted octanol–water partition coefficient (Wildman–Crippen LogP) is 4.82. The van der Waals surface area contributed by atoms with E-state index in [1.807, 2.05) is 42.5 Å². The van der Waals surface area contributed by atoms with Gasteiger partial charge < -0.3 is 20.5 Å². The second-order valence-corrected chi connectivity index (χ2v) is 5.35. The van der Waals surface area contributed by atoms with Crippen LogP contribution in [0.1, 0.15) is 5.56 Å². The molecule has 0 bridgehead atoms. The quantitative estimate of drug-likeness (QED) is 0.295. The van der Waals surface area contributed by atoms with Crippen molar-refractivity contribution >= 4 is 23.8 Å². The lowest BCUT2D eigenvalue weighted by Gasteiger charge is -2.14. The maximum absolute atomic E-state index is 6.16. The smallest absolute Gasteiger partial charge is 0.145 e. The number of para-hydroxylation sites is 2. The first-order valence-corrected chi connectivity index (χ1v) is 8.00. The highest BCUT2D eigenvalue weighted by atomic mass is 16.5. The number of benzene rings is 2. The molecule has 0 atom stereocenters. The first-order valence-electron chi connectivity index (χ1n) is 8.00. The zero-order chi connectivity index (χ0) is 18.9. The summed E-state index contributed by atoms with van der Waals surface area (Å²) in [5, 5.41) is 3.19. The highest BCUT2D eigenvalue weighted by Crippen LogP contribution is 2.28. The topological polar surface area (TPSA) is 68.9 Å². The number of anilines is 2. The zero-order valence-electron chi connectivity index (χ0n) is 14.9. The zero-order valence-corrected chi connectivity index (χ0v) is 14.9. The molecule has 5 heteroatoms. The Labute approximate surface area is 154 Å². The van der Waals surface area contributed by atoms with Crippen molar-refractivity contribution in [2.75, 3.05) is 18.2 Å². The Bertz CT molecular complexity index is 841. The van der Waals surface area contributed by atoms with Gasteiger partial charge in [-0.15, -0.1) is 0 Å². The molecule has 0 radical (unpaired) electrons. The minimum absolute atomic E-state index is 0.372. The molecule has 0 unspecified atom stereocenters. The summed E-state index contributed by atoms with van der Waals surface area (Å²) in [5.41, 5.74) is 9.82. The normalized spacial score (nSPS) is 11.1. The molecule has 0 spiro atoms. The van der Waals surface area contributed by atoms with Crippen LogP contribution >= 0.6 is 0 Å². The summed E-state index contributed by atoms with van der Waals surface area (Å²) in [5.74, 6) is 1.26. The SMILES string of the molecule is C=C/C(Nc1ccc(COc2ccccc2N=C)cc1N)=C(\C=C)OC. The second-order valence-electron chi connectivity index (χ2n) is 5.35. The van der Waals surface area contributed by atoms with Crippen molar-refractivity contribution < 1.29 is 9.47 Å². The molecule has 134 valence electrons. The van der Waals surface area contributed by atoms with Crippen LogP contribution in [0, 0.1) is 0 Å². The van der Waals surface area contributed by atoms with Crippen molar-refractivity contribution in [3.05, 3.63) is 84.8 Å². The van der Waals surface area contributed by atoms with Crippen LogP contribution in [0.4, 0.5) is 17.1 Å². The number of nitrogens with two attached hydrogens (primary N) is 1. The average molecular weight is 349 g/mol. The van der Waals surface area contributed by atoms with Crippen LogP contribution in [-0.2, 0) is 11.3 Å². The summed E-state index contributed by atoms with van der Waals surface area (Å²) in [6, 6.07) is 13.1. The molecule has 0 aromatic heterocycles. The first-order chi connectivity index (χ1) is 12.6. The first kappa shape index (κ1) is 18.9. The molecule has 0 saturated heterocycles. The number of allylic oxidation sites excluding steroid dienone is 2. The van der Waals surface area contributed by atoms with Gasteiger partial charge in [-0.25, -0.2) is 0 Å². The minimum Gasteiger partial charge on any atom is -0.495 e. The van der Waals surface area contributed by atoms with Gasteiger partial charge >= 0.3 is 0 Å². The number of hydrogen-bond donors (Lipinski definition) is 2. The fourth-order valence-corrected chi connectivity index (χ4v) is 2.35. The average Bonchev–Trinajstić information content (AvgIpc) is 2.68. The summed E-state index contributed by atoms with van der Waals surface area (Å²) < 4.78 is 11.1. The van der Waals surface area contributed by atoms with Gasteiger partial charge in [0.1, 0.15) is 23.8 Å². The Morgan fingerprint density at radius 2 is 1.96 bits per heavy atom. The maximum Gasteiger partial charge on any atom is 0.145 e. The fourth-order valence-electron chi connectivity index (χ4n) is 2.35. The molecule has 2 aromatic carbocycles. The third-order valence-electron chi connectivity index (χ3n) is 3.69. The third kappa shape index (κ3) is 4.54. The van der Waals surface area contributed by atoms with Crippen LogP contribution in [0.5, 0.6) is 5.75 Å². The summed E-state index contributed by atoms with van der Waals surface area (Å²) in [7, 11) is 1.57. The molecular weight excluding hydrogens is 326 g/mol. The number of nitrogens with zero attached hydrogens (tertiary/aromatic N) is 1. The van der Waals surface area contributed by atoms with E-state index in [0.717, 1.165) is 11.3 Å². The lowest BCUT2D eigenvalue weighted by atomic mass is 10.1. The van der Waals surface area contributed by atoms with Gasteiger partial charge in [0, 0.05) is 0 Å². The Morgan fingerprint density at radius 1 is 1.19 bits per heavy atom. The van der Waals surface area contributed by atoms with Crippen molar-refractivity contribution in [1.82, 2.24) is 0 Å². The van der Waals surface area contributed by atoms with Crippen molar-refractivity contribution in [1.29, 1.82) is 0 Å². The standard InChI is InChI=1S/C21H23N3O2/c1-5-17(20(6-2)25-4)24-18-12-11-15(13-16(18)22)14-26-21-10-8-7-9-19(21)23-3/h5-13,24H,1-3,14,22H2,4H3/b20-17-. The summed E-state index contributed by atoms with van der Waals surface area (Å²) in [6.45, 7) is 11.4. The largest absolute Gasteiger partial charge is 0.495 e. The van der Waals surface area contributed by atoms with Crippen LogP contribution < -0.4 is 15.8 Å². The molecular formula is C21H23N3O2.